The highest BCUT2D eigenvalue weighted by molar-refractivity contribution is 6.31. The van der Waals surface area contributed by atoms with Crippen molar-refractivity contribution >= 4 is 34.8 Å². The van der Waals surface area contributed by atoms with E-state index in [2.05, 4.69) is 5.32 Å². The first-order valence-electron chi connectivity index (χ1n) is 6.09. The smallest absolute Gasteiger partial charge is 0.262 e. The minimum absolute atomic E-state index is 0.0558. The summed E-state index contributed by atoms with van der Waals surface area (Å²) in [5, 5.41) is 3.29. The van der Waals surface area contributed by atoms with Crippen LogP contribution in [-0.2, 0) is 4.79 Å². The van der Waals surface area contributed by atoms with Crippen molar-refractivity contribution in [3.63, 3.8) is 0 Å². The molecule has 0 aliphatic heterocycles. The predicted octanol–water partition coefficient (Wildman–Crippen LogP) is 4.46. The summed E-state index contributed by atoms with van der Waals surface area (Å²) < 4.78 is 18.8. The normalized spacial score (nSPS) is 10.3. The summed E-state index contributed by atoms with van der Waals surface area (Å²) in [4.78, 5) is 11.7. The average Bonchev–Trinajstić information content (AvgIpc) is 2.43. The molecule has 110 valence electrons. The molecule has 1 amide bonds. The van der Waals surface area contributed by atoms with Crippen LogP contribution >= 0.6 is 23.2 Å². The van der Waals surface area contributed by atoms with Crippen LogP contribution in [0.2, 0.25) is 10.0 Å². The number of nitrogens with one attached hydrogen (secondary N) is 1. The van der Waals surface area contributed by atoms with Gasteiger partial charge in [0.15, 0.2) is 6.61 Å². The van der Waals surface area contributed by atoms with Crippen molar-refractivity contribution in [3.05, 3.63) is 57.8 Å². The summed E-state index contributed by atoms with van der Waals surface area (Å²) in [6, 6.07) is 9.07. The molecular weight excluding hydrogens is 316 g/mol. The molecule has 0 atom stereocenters. The number of carbonyl (C=O) groups is 1. The second-order valence-electron chi connectivity index (χ2n) is 4.37. The second-order valence-corrected chi connectivity index (χ2v) is 5.22. The molecule has 2 aromatic carbocycles. The summed E-state index contributed by atoms with van der Waals surface area (Å²) in [5.41, 5.74) is 0.901. The lowest BCUT2D eigenvalue weighted by molar-refractivity contribution is -0.118. The maximum Gasteiger partial charge on any atom is 0.262 e. The van der Waals surface area contributed by atoms with Crippen molar-refractivity contribution in [2.75, 3.05) is 11.9 Å². The van der Waals surface area contributed by atoms with Gasteiger partial charge in [-0.05, 0) is 48.9 Å². The van der Waals surface area contributed by atoms with Gasteiger partial charge in [-0.2, -0.15) is 0 Å². The van der Waals surface area contributed by atoms with E-state index in [1.165, 1.54) is 12.1 Å². The quantitative estimate of drug-likeness (QED) is 0.900. The average molecular weight is 328 g/mol. The number of ether oxygens (including phenoxy) is 1. The van der Waals surface area contributed by atoms with Crippen molar-refractivity contribution in [3.8, 4) is 5.75 Å². The Morgan fingerprint density at radius 1 is 1.24 bits per heavy atom. The third kappa shape index (κ3) is 4.34. The molecule has 21 heavy (non-hydrogen) atoms. The van der Waals surface area contributed by atoms with Crippen LogP contribution < -0.4 is 10.1 Å². The first-order valence-corrected chi connectivity index (χ1v) is 6.85. The van der Waals surface area contributed by atoms with E-state index in [1.807, 2.05) is 6.92 Å². The summed E-state index contributed by atoms with van der Waals surface area (Å²) in [6.07, 6.45) is 0. The third-order valence-corrected chi connectivity index (χ3v) is 3.36. The van der Waals surface area contributed by atoms with Gasteiger partial charge in [0.2, 0.25) is 0 Å². The fourth-order valence-corrected chi connectivity index (χ4v) is 1.91. The Bertz CT molecular complexity index is 677. The lowest BCUT2D eigenvalue weighted by atomic mass is 10.2. The van der Waals surface area contributed by atoms with Gasteiger partial charge in [-0.1, -0.05) is 23.2 Å². The van der Waals surface area contributed by atoms with Gasteiger partial charge in [-0.15, -0.1) is 0 Å². The van der Waals surface area contributed by atoms with E-state index in [-0.39, 0.29) is 17.3 Å². The topological polar surface area (TPSA) is 38.3 Å². The Morgan fingerprint density at radius 2 is 2.00 bits per heavy atom. The van der Waals surface area contributed by atoms with Crippen LogP contribution in [0, 0.1) is 12.7 Å². The number of anilines is 1. The van der Waals surface area contributed by atoms with Crippen LogP contribution in [-0.4, -0.2) is 12.5 Å². The first kappa shape index (κ1) is 15.6. The molecule has 6 heteroatoms. The lowest BCUT2D eigenvalue weighted by Gasteiger charge is -2.09. The summed E-state index contributed by atoms with van der Waals surface area (Å²) in [6.45, 7) is 1.60. The van der Waals surface area contributed by atoms with Crippen molar-refractivity contribution in [1.82, 2.24) is 0 Å². The van der Waals surface area contributed by atoms with E-state index < -0.39 is 11.7 Å². The molecule has 0 aliphatic carbocycles. The SMILES string of the molecule is Cc1cc(OCC(=O)Nc2ccc(Cl)cc2F)ccc1Cl. The van der Waals surface area contributed by atoms with Gasteiger partial charge in [-0.3, -0.25) is 4.79 Å². The maximum atomic E-state index is 13.5. The molecule has 0 aromatic heterocycles. The number of aryl methyl sites for hydroxylation is 1. The highest BCUT2D eigenvalue weighted by Gasteiger charge is 2.08. The van der Waals surface area contributed by atoms with Crippen LogP contribution in [0.4, 0.5) is 10.1 Å². The number of amides is 1. The predicted molar refractivity (Wildman–Crippen MR) is 81.7 cm³/mol. The van der Waals surface area contributed by atoms with Gasteiger partial charge in [0, 0.05) is 10.0 Å². The zero-order valence-electron chi connectivity index (χ0n) is 11.1. The summed E-state index contributed by atoms with van der Waals surface area (Å²) >= 11 is 11.5. The third-order valence-electron chi connectivity index (χ3n) is 2.70. The Labute approximate surface area is 131 Å². The van der Waals surface area contributed by atoms with Gasteiger partial charge < -0.3 is 10.1 Å². The maximum absolute atomic E-state index is 13.5. The molecule has 2 rings (SSSR count). The van der Waals surface area contributed by atoms with Gasteiger partial charge >= 0.3 is 0 Å². The molecule has 0 saturated carbocycles. The van der Waals surface area contributed by atoms with Gasteiger partial charge in [0.1, 0.15) is 11.6 Å². The van der Waals surface area contributed by atoms with E-state index >= 15 is 0 Å². The first-order chi connectivity index (χ1) is 9.95. The molecule has 3 nitrogen and oxygen atoms in total. The number of benzene rings is 2. The van der Waals surface area contributed by atoms with E-state index in [1.54, 1.807) is 18.2 Å². The molecule has 0 aliphatic rings. The summed E-state index contributed by atoms with van der Waals surface area (Å²) in [5.74, 6) is -0.550. The van der Waals surface area contributed by atoms with Crippen LogP contribution in [0.15, 0.2) is 36.4 Å². The lowest BCUT2D eigenvalue weighted by Crippen LogP contribution is -2.20. The molecule has 0 saturated heterocycles. The Hall–Kier alpha value is -1.78. The van der Waals surface area contributed by atoms with Crippen LogP contribution in [0.3, 0.4) is 0 Å². The van der Waals surface area contributed by atoms with E-state index in [0.717, 1.165) is 11.6 Å². The van der Waals surface area contributed by atoms with E-state index in [9.17, 15) is 9.18 Å². The molecular formula is C15H12Cl2FNO2. The Balaban J connectivity index is 1.94. The second kappa shape index (κ2) is 6.78. The molecule has 0 heterocycles. The molecule has 0 unspecified atom stereocenters. The van der Waals surface area contributed by atoms with Gasteiger partial charge in [0.25, 0.3) is 5.91 Å². The highest BCUT2D eigenvalue weighted by Crippen LogP contribution is 2.21. The minimum atomic E-state index is -0.599. The van der Waals surface area contributed by atoms with Crippen LogP contribution in [0.25, 0.3) is 0 Å². The minimum Gasteiger partial charge on any atom is -0.484 e. The monoisotopic (exact) mass is 327 g/mol. The fraction of sp³-hybridized carbons (Fsp3) is 0.133. The zero-order chi connectivity index (χ0) is 15.4. The molecule has 1 N–H and O–H groups in total. The van der Waals surface area contributed by atoms with Crippen LogP contribution in [0.1, 0.15) is 5.56 Å². The molecule has 2 aromatic rings. The molecule has 0 spiro atoms. The number of halogens is 3. The van der Waals surface area contributed by atoms with Crippen molar-refractivity contribution in [2.24, 2.45) is 0 Å². The van der Waals surface area contributed by atoms with Crippen LogP contribution in [0.5, 0.6) is 5.75 Å². The Morgan fingerprint density at radius 3 is 2.67 bits per heavy atom. The fourth-order valence-electron chi connectivity index (χ4n) is 1.63. The van der Waals surface area contributed by atoms with Crippen molar-refractivity contribution in [2.45, 2.75) is 6.92 Å². The van der Waals surface area contributed by atoms with Gasteiger partial charge in [0.05, 0.1) is 5.69 Å². The molecule has 0 radical (unpaired) electrons. The number of hydrogen-bond donors (Lipinski definition) is 1. The Kier molecular flexibility index (Phi) is 5.04. The summed E-state index contributed by atoms with van der Waals surface area (Å²) in [7, 11) is 0. The number of hydrogen-bond acceptors (Lipinski definition) is 2. The zero-order valence-corrected chi connectivity index (χ0v) is 12.6. The number of carbonyl (C=O) groups excluding carboxylic acids is 1. The van der Waals surface area contributed by atoms with E-state index in [0.29, 0.717) is 10.8 Å². The van der Waals surface area contributed by atoms with Gasteiger partial charge in [-0.25, -0.2) is 4.39 Å². The molecule has 0 bridgehead atoms. The largest absolute Gasteiger partial charge is 0.484 e. The van der Waals surface area contributed by atoms with E-state index in [4.69, 9.17) is 27.9 Å². The van der Waals surface area contributed by atoms with Crippen molar-refractivity contribution < 1.29 is 13.9 Å². The standard InChI is InChI=1S/C15H12Cl2FNO2/c1-9-6-11(3-4-12(9)17)21-8-15(20)19-14-5-2-10(16)7-13(14)18/h2-7H,8H2,1H3,(H,19,20). The number of rotatable bonds is 4. The highest BCUT2D eigenvalue weighted by atomic mass is 35.5. The van der Waals surface area contributed by atoms with Crippen molar-refractivity contribution in [1.29, 1.82) is 0 Å². The molecule has 0 fully saturated rings.